The van der Waals surface area contributed by atoms with Gasteiger partial charge in [0.2, 0.25) is 0 Å². The molecule has 3 nitrogen and oxygen atoms in total. The molecular formula is C19H25O3P. The largest absolute Gasteiger partial charge is 0.340 e. The predicted molar refractivity (Wildman–Crippen MR) is 94.9 cm³/mol. The lowest BCUT2D eigenvalue weighted by atomic mass is 10.0. The Balaban J connectivity index is 2.06. The van der Waals surface area contributed by atoms with Crippen molar-refractivity contribution in [1.82, 2.24) is 0 Å². The van der Waals surface area contributed by atoms with Crippen molar-refractivity contribution >= 4 is 18.4 Å². The third-order valence-corrected chi connectivity index (χ3v) is 7.94. The maximum atomic E-state index is 13.3. The van der Waals surface area contributed by atoms with Crippen LogP contribution in [0.1, 0.15) is 38.2 Å². The zero-order valence-electron chi connectivity index (χ0n) is 14.1. The Morgan fingerprint density at radius 3 is 2.48 bits per heavy atom. The van der Waals surface area contributed by atoms with E-state index in [9.17, 15) is 4.57 Å². The standard InChI is InChI=1S/C19H25O3P/c1-4-5-10-18-14-19(18,23(20,21-2)22-3)17-12-11-15-8-6-7-9-16(15)13-17/h6-9,11-13,18H,4-5,10,14H2,1-3H3/t18-,19-/m1/s1. The number of rotatable bonds is 7. The van der Waals surface area contributed by atoms with Crippen LogP contribution in [0.15, 0.2) is 42.5 Å². The Morgan fingerprint density at radius 1 is 1.13 bits per heavy atom. The van der Waals surface area contributed by atoms with Gasteiger partial charge in [-0.15, -0.1) is 0 Å². The lowest BCUT2D eigenvalue weighted by Gasteiger charge is -2.26. The highest BCUT2D eigenvalue weighted by Crippen LogP contribution is 2.79. The summed E-state index contributed by atoms with van der Waals surface area (Å²) in [6.45, 7) is 2.19. The van der Waals surface area contributed by atoms with Crippen LogP contribution in [0.2, 0.25) is 0 Å². The maximum absolute atomic E-state index is 13.3. The fourth-order valence-corrected chi connectivity index (χ4v) is 6.09. The van der Waals surface area contributed by atoms with Gasteiger partial charge in [0.25, 0.3) is 0 Å². The summed E-state index contributed by atoms with van der Waals surface area (Å²) in [5.41, 5.74) is 1.09. The van der Waals surface area contributed by atoms with E-state index in [0.717, 1.165) is 31.2 Å². The zero-order chi connectivity index (χ0) is 16.5. The van der Waals surface area contributed by atoms with Crippen LogP contribution < -0.4 is 0 Å². The fourth-order valence-electron chi connectivity index (χ4n) is 3.81. The maximum Gasteiger partial charge on any atom is 0.340 e. The van der Waals surface area contributed by atoms with E-state index in [-0.39, 0.29) is 0 Å². The average molecular weight is 332 g/mol. The Labute approximate surface area is 138 Å². The molecule has 0 heterocycles. The Bertz CT molecular complexity index is 734. The second-order valence-electron chi connectivity index (χ2n) is 6.39. The molecule has 0 aromatic heterocycles. The van der Waals surface area contributed by atoms with E-state index in [4.69, 9.17) is 9.05 Å². The highest BCUT2D eigenvalue weighted by atomic mass is 31.2. The summed E-state index contributed by atoms with van der Waals surface area (Å²) in [6, 6.07) is 14.6. The topological polar surface area (TPSA) is 35.5 Å². The second kappa shape index (κ2) is 6.39. The first-order chi connectivity index (χ1) is 11.1. The summed E-state index contributed by atoms with van der Waals surface area (Å²) in [7, 11) is -0.165. The van der Waals surface area contributed by atoms with Gasteiger partial charge >= 0.3 is 7.60 Å². The van der Waals surface area contributed by atoms with Crippen LogP contribution in [0, 0.1) is 5.92 Å². The molecule has 0 bridgehead atoms. The van der Waals surface area contributed by atoms with Crippen molar-refractivity contribution in [2.75, 3.05) is 14.2 Å². The van der Waals surface area contributed by atoms with Crippen molar-refractivity contribution in [3.63, 3.8) is 0 Å². The summed E-state index contributed by atoms with van der Waals surface area (Å²) in [6.07, 6.45) is 4.24. The number of benzene rings is 2. The fraction of sp³-hybridized carbons (Fsp3) is 0.474. The van der Waals surface area contributed by atoms with Gasteiger partial charge in [0.05, 0.1) is 0 Å². The van der Waals surface area contributed by atoms with Gasteiger partial charge in [0.1, 0.15) is 5.16 Å². The van der Waals surface area contributed by atoms with E-state index in [1.165, 1.54) is 25.0 Å². The molecule has 3 rings (SSSR count). The van der Waals surface area contributed by atoms with Gasteiger partial charge in [0, 0.05) is 14.2 Å². The van der Waals surface area contributed by atoms with Crippen molar-refractivity contribution in [3.8, 4) is 0 Å². The molecule has 1 aliphatic carbocycles. The minimum atomic E-state index is -3.17. The van der Waals surface area contributed by atoms with Gasteiger partial charge in [-0.25, -0.2) is 0 Å². The average Bonchev–Trinajstić information content (AvgIpc) is 3.35. The first-order valence-electron chi connectivity index (χ1n) is 8.32. The molecule has 1 fully saturated rings. The Hall–Kier alpha value is -1.15. The first-order valence-corrected chi connectivity index (χ1v) is 9.86. The second-order valence-corrected chi connectivity index (χ2v) is 8.92. The van der Waals surface area contributed by atoms with Crippen molar-refractivity contribution in [2.45, 2.75) is 37.8 Å². The molecule has 4 heteroatoms. The van der Waals surface area contributed by atoms with Crippen molar-refractivity contribution in [3.05, 3.63) is 48.0 Å². The number of unbranched alkanes of at least 4 members (excludes halogenated alkanes) is 1. The van der Waals surface area contributed by atoms with E-state index in [1.54, 1.807) is 0 Å². The van der Waals surface area contributed by atoms with Crippen molar-refractivity contribution in [2.24, 2.45) is 5.92 Å². The van der Waals surface area contributed by atoms with Crippen LogP contribution in [-0.4, -0.2) is 14.2 Å². The molecule has 0 aliphatic heterocycles. The van der Waals surface area contributed by atoms with Gasteiger partial charge in [0.15, 0.2) is 0 Å². The molecule has 0 amide bonds. The van der Waals surface area contributed by atoms with Crippen LogP contribution >= 0.6 is 7.60 Å². The van der Waals surface area contributed by atoms with Crippen LogP contribution in [0.3, 0.4) is 0 Å². The zero-order valence-corrected chi connectivity index (χ0v) is 15.0. The molecule has 0 saturated heterocycles. The molecule has 23 heavy (non-hydrogen) atoms. The van der Waals surface area contributed by atoms with Gasteiger partial charge in [-0.2, -0.15) is 0 Å². The van der Waals surface area contributed by atoms with Gasteiger partial charge in [-0.3, -0.25) is 4.57 Å². The highest BCUT2D eigenvalue weighted by molar-refractivity contribution is 7.55. The molecule has 1 saturated carbocycles. The molecule has 2 aromatic rings. The van der Waals surface area contributed by atoms with Crippen LogP contribution in [0.4, 0.5) is 0 Å². The van der Waals surface area contributed by atoms with E-state index in [0.29, 0.717) is 5.92 Å². The number of hydrogen-bond donors (Lipinski definition) is 0. The molecule has 0 unspecified atom stereocenters. The highest BCUT2D eigenvalue weighted by Gasteiger charge is 2.67. The quantitative estimate of drug-likeness (QED) is 0.607. The van der Waals surface area contributed by atoms with Crippen LogP contribution in [0.5, 0.6) is 0 Å². The molecule has 2 aromatic carbocycles. The molecule has 1 aliphatic rings. The van der Waals surface area contributed by atoms with Crippen LogP contribution in [0.25, 0.3) is 10.8 Å². The molecule has 0 N–H and O–H groups in total. The summed E-state index contributed by atoms with van der Waals surface area (Å²) < 4.78 is 24.1. The molecule has 0 spiro atoms. The van der Waals surface area contributed by atoms with Gasteiger partial charge in [-0.1, -0.05) is 56.2 Å². The predicted octanol–water partition coefficient (Wildman–Crippen LogP) is 5.73. The first kappa shape index (κ1) is 16.7. The molecular weight excluding hydrogens is 307 g/mol. The monoisotopic (exact) mass is 332 g/mol. The normalized spacial score (nSPS) is 24.0. The smallest absolute Gasteiger partial charge is 0.311 e. The lowest BCUT2D eigenvalue weighted by Crippen LogP contribution is -2.14. The number of hydrogen-bond acceptors (Lipinski definition) is 3. The Morgan fingerprint density at radius 2 is 1.83 bits per heavy atom. The third kappa shape index (κ3) is 2.65. The summed E-state index contributed by atoms with van der Waals surface area (Å²) >= 11 is 0. The van der Waals surface area contributed by atoms with E-state index in [1.807, 2.05) is 12.1 Å². The van der Waals surface area contributed by atoms with Gasteiger partial charge in [-0.05, 0) is 41.2 Å². The Kier molecular flexibility index (Phi) is 4.64. The van der Waals surface area contributed by atoms with E-state index >= 15 is 0 Å². The minimum Gasteiger partial charge on any atom is -0.311 e. The van der Waals surface area contributed by atoms with Crippen molar-refractivity contribution < 1.29 is 13.6 Å². The van der Waals surface area contributed by atoms with E-state index < -0.39 is 12.8 Å². The van der Waals surface area contributed by atoms with Gasteiger partial charge < -0.3 is 9.05 Å². The SMILES string of the molecule is CCCC[C@@H]1C[C@]1(c1ccc2ccccc2c1)P(=O)(OC)OC. The lowest BCUT2D eigenvalue weighted by molar-refractivity contribution is 0.259. The minimum absolute atomic E-state index is 0.370. The number of fused-ring (bicyclic) bond motifs is 1. The van der Waals surface area contributed by atoms with E-state index in [2.05, 4.69) is 37.3 Å². The summed E-state index contributed by atoms with van der Waals surface area (Å²) in [5, 5.41) is 1.89. The molecule has 124 valence electrons. The third-order valence-electron chi connectivity index (χ3n) is 5.20. The summed E-state index contributed by atoms with van der Waals surface area (Å²) in [4.78, 5) is 0. The summed E-state index contributed by atoms with van der Waals surface area (Å²) in [5.74, 6) is 0.370. The van der Waals surface area contributed by atoms with Crippen molar-refractivity contribution in [1.29, 1.82) is 0 Å². The molecule has 2 atom stereocenters. The molecule has 0 radical (unpaired) electrons. The van der Waals surface area contributed by atoms with Crippen LogP contribution in [-0.2, 0) is 18.8 Å².